The number of hydrogen-bond acceptors (Lipinski definition) is 4. The molecule has 4 nitrogen and oxygen atoms in total. The summed E-state index contributed by atoms with van der Waals surface area (Å²) in [6.45, 7) is 3.86. The molecule has 0 spiro atoms. The van der Waals surface area contributed by atoms with Gasteiger partial charge in [0.25, 0.3) is 0 Å². The Labute approximate surface area is 255 Å². The van der Waals surface area contributed by atoms with Crippen molar-refractivity contribution >= 4 is 34.4 Å². The first kappa shape index (κ1) is 30.9. The van der Waals surface area contributed by atoms with Gasteiger partial charge in [-0.25, -0.2) is 0 Å². The van der Waals surface area contributed by atoms with Gasteiger partial charge in [-0.05, 0) is 81.1 Å². The lowest BCUT2D eigenvalue weighted by atomic mass is 9.95. The predicted molar refractivity (Wildman–Crippen MR) is 178 cm³/mol. The molecule has 0 saturated heterocycles. The van der Waals surface area contributed by atoms with Crippen molar-refractivity contribution in [2.75, 3.05) is 13.2 Å². The molecule has 0 amide bonds. The first-order valence-corrected chi connectivity index (χ1v) is 16.3. The van der Waals surface area contributed by atoms with Crippen molar-refractivity contribution in [3.05, 3.63) is 161 Å². The van der Waals surface area contributed by atoms with Crippen molar-refractivity contribution in [3.63, 3.8) is 0 Å². The molecule has 0 unspecified atom stereocenters. The van der Waals surface area contributed by atoms with Crippen LogP contribution in [0.4, 0.5) is 0 Å². The quantitative estimate of drug-likeness (QED) is 0.279. The third-order valence-corrected chi connectivity index (χ3v) is 12.2. The average Bonchev–Trinajstić information content (AvgIpc) is 3.38. The van der Waals surface area contributed by atoms with E-state index < -0.39 is 8.07 Å². The summed E-state index contributed by atoms with van der Waals surface area (Å²) in [5.41, 5.74) is 5.92. The van der Waals surface area contributed by atoms with Gasteiger partial charge in [-0.2, -0.15) is 10.5 Å². The number of aliphatic hydroxyl groups is 2. The number of nitriles is 2. The van der Waals surface area contributed by atoms with Crippen LogP contribution in [0.2, 0.25) is 0 Å². The van der Waals surface area contributed by atoms with Crippen molar-refractivity contribution in [2.24, 2.45) is 0 Å². The van der Waals surface area contributed by atoms with Gasteiger partial charge in [0.2, 0.25) is 0 Å². The molecule has 2 N–H and O–H groups in total. The molecule has 0 saturated carbocycles. The van der Waals surface area contributed by atoms with E-state index in [1.165, 1.54) is 31.9 Å². The normalized spacial score (nSPS) is 12.4. The largest absolute Gasteiger partial charge is 0.397 e. The van der Waals surface area contributed by atoms with Gasteiger partial charge in [-0.15, -0.1) is 0 Å². The Morgan fingerprint density at radius 2 is 0.930 bits per heavy atom. The maximum atomic E-state index is 9.49. The van der Waals surface area contributed by atoms with Crippen molar-refractivity contribution in [1.82, 2.24) is 0 Å². The second-order valence-electron chi connectivity index (χ2n) is 9.79. The van der Waals surface area contributed by atoms with Crippen LogP contribution in [0.5, 0.6) is 0 Å². The van der Waals surface area contributed by atoms with E-state index in [0.29, 0.717) is 11.1 Å². The number of rotatable bonds is 4. The maximum absolute atomic E-state index is 9.49. The zero-order valence-electron chi connectivity index (χ0n) is 24.4. The van der Waals surface area contributed by atoms with Gasteiger partial charge < -0.3 is 10.2 Å². The van der Waals surface area contributed by atoms with Gasteiger partial charge in [0.1, 0.15) is 0 Å². The van der Waals surface area contributed by atoms with Crippen LogP contribution >= 0.6 is 0 Å². The second kappa shape index (κ2) is 14.7. The maximum Gasteiger partial charge on any atom is 0.181 e. The highest BCUT2D eigenvalue weighted by Gasteiger charge is 2.50. The fraction of sp³-hybridized carbons (Fsp3) is 0.105. The van der Waals surface area contributed by atoms with Crippen LogP contribution in [0.1, 0.15) is 41.7 Å². The van der Waals surface area contributed by atoms with Crippen molar-refractivity contribution in [2.45, 2.75) is 13.8 Å². The first-order valence-electron chi connectivity index (χ1n) is 14.3. The van der Waals surface area contributed by atoms with Crippen LogP contribution in [-0.2, 0) is 0 Å². The molecule has 1 aliphatic heterocycles. The number of nitrogens with zero attached hydrogens (tertiary/aromatic N) is 2. The van der Waals surface area contributed by atoms with Crippen molar-refractivity contribution < 1.29 is 10.2 Å². The summed E-state index contributed by atoms with van der Waals surface area (Å²) in [6.07, 6.45) is 0. The Bertz CT molecular complexity index is 1710. The molecule has 5 aromatic carbocycles. The first-order chi connectivity index (χ1) is 21.1. The highest BCUT2D eigenvalue weighted by Crippen LogP contribution is 2.43. The minimum atomic E-state index is -2.74. The molecular weight excluding hydrogens is 545 g/mol. The van der Waals surface area contributed by atoms with Crippen molar-refractivity contribution in [1.29, 1.82) is 10.5 Å². The molecule has 43 heavy (non-hydrogen) atoms. The molecule has 0 atom stereocenters. The van der Waals surface area contributed by atoms with E-state index >= 15 is 0 Å². The molecule has 0 aliphatic carbocycles. The lowest BCUT2D eigenvalue weighted by molar-refractivity contribution is 0.318. The molecule has 5 heteroatoms. The summed E-state index contributed by atoms with van der Waals surface area (Å²) in [5, 5.41) is 39.4. The van der Waals surface area contributed by atoms with Gasteiger partial charge >= 0.3 is 0 Å². The lowest BCUT2D eigenvalue weighted by Gasteiger charge is -2.33. The third-order valence-electron chi connectivity index (χ3n) is 7.24. The van der Waals surface area contributed by atoms with E-state index in [2.05, 4.69) is 121 Å². The fourth-order valence-electron chi connectivity index (χ4n) is 5.71. The molecule has 6 rings (SSSR count). The standard InChI is InChI=1S/C34H22N2Si.2C2H6O/c35-23-25-15-19-27(20-16-25)33-31-13-7-8-14-32(31)37(29-9-3-1-4-10-29,30-11-5-2-6-12-30)34(33)28-21-17-26(24-36)18-22-28;2*1-2-3/h1-22H;2*3H,2H2,1H3. The number of benzene rings is 5. The van der Waals surface area contributed by atoms with Crippen molar-refractivity contribution in [3.8, 4) is 12.1 Å². The summed E-state index contributed by atoms with van der Waals surface area (Å²) in [4.78, 5) is 0. The summed E-state index contributed by atoms with van der Waals surface area (Å²) in [5.74, 6) is 0. The molecule has 5 aromatic rings. The van der Waals surface area contributed by atoms with Gasteiger partial charge in [0.05, 0.1) is 23.3 Å². The molecule has 1 aliphatic rings. The zero-order valence-corrected chi connectivity index (χ0v) is 25.4. The SMILES string of the molecule is CCO.CCO.N#Cc1ccc(C2=C(c3ccc(C#N)cc3)[Si](c3ccccc3)(c3ccccc3)c3ccccc32)cc1. The topological polar surface area (TPSA) is 88.0 Å². The van der Waals surface area contributed by atoms with E-state index in [4.69, 9.17) is 10.2 Å². The summed E-state index contributed by atoms with van der Waals surface area (Å²) in [7, 11) is -2.74. The fourth-order valence-corrected chi connectivity index (χ4v) is 11.1. The highest BCUT2D eigenvalue weighted by molar-refractivity contribution is 7.25. The Morgan fingerprint density at radius 1 is 0.535 bits per heavy atom. The van der Waals surface area contributed by atoms with E-state index in [1.54, 1.807) is 13.8 Å². The zero-order chi connectivity index (χ0) is 30.7. The van der Waals surface area contributed by atoms with Gasteiger partial charge in [0.15, 0.2) is 8.07 Å². The molecule has 0 bridgehead atoms. The Balaban J connectivity index is 0.000000653. The van der Waals surface area contributed by atoms with Gasteiger partial charge in [-0.1, -0.05) is 109 Å². The van der Waals surface area contributed by atoms with Gasteiger partial charge in [-0.3, -0.25) is 0 Å². The van der Waals surface area contributed by atoms with E-state index in [1.807, 2.05) is 24.3 Å². The van der Waals surface area contributed by atoms with Crippen LogP contribution in [0, 0.1) is 22.7 Å². The number of hydrogen-bond donors (Lipinski definition) is 2. The summed E-state index contributed by atoms with van der Waals surface area (Å²) < 4.78 is 0. The minimum absolute atomic E-state index is 0.250. The molecule has 0 fully saturated rings. The van der Waals surface area contributed by atoms with Crippen LogP contribution in [-0.4, -0.2) is 31.5 Å². The molecule has 1 heterocycles. The summed E-state index contributed by atoms with van der Waals surface area (Å²) in [6, 6.07) is 51.0. The lowest BCUT2D eigenvalue weighted by Crippen LogP contribution is -2.66. The number of fused-ring (bicyclic) bond motifs is 1. The molecule has 0 aromatic heterocycles. The van der Waals surface area contributed by atoms with E-state index in [9.17, 15) is 10.5 Å². The Morgan fingerprint density at radius 3 is 1.37 bits per heavy atom. The minimum Gasteiger partial charge on any atom is -0.397 e. The van der Waals surface area contributed by atoms with E-state index in [0.717, 1.165) is 11.1 Å². The smallest absolute Gasteiger partial charge is 0.181 e. The van der Waals surface area contributed by atoms with Crippen LogP contribution < -0.4 is 15.6 Å². The predicted octanol–water partition coefficient (Wildman–Crippen LogP) is 5.41. The Hall–Kier alpha value is -5.04. The van der Waals surface area contributed by atoms with Gasteiger partial charge in [0, 0.05) is 13.2 Å². The average molecular weight is 579 g/mol. The second-order valence-corrected chi connectivity index (χ2v) is 13.5. The molecular formula is C38H34N2O2Si. The molecule has 212 valence electrons. The summed E-state index contributed by atoms with van der Waals surface area (Å²) >= 11 is 0. The van der Waals surface area contributed by atoms with Crippen LogP contribution in [0.15, 0.2) is 133 Å². The molecule has 0 radical (unpaired) electrons. The highest BCUT2D eigenvalue weighted by atomic mass is 28.3. The van der Waals surface area contributed by atoms with Crippen LogP contribution in [0.3, 0.4) is 0 Å². The van der Waals surface area contributed by atoms with Crippen LogP contribution in [0.25, 0.3) is 10.8 Å². The monoisotopic (exact) mass is 578 g/mol. The third kappa shape index (κ3) is 6.11. The van der Waals surface area contributed by atoms with E-state index in [-0.39, 0.29) is 13.2 Å². The number of aliphatic hydroxyl groups excluding tert-OH is 2. The Kier molecular flexibility index (Phi) is 10.6.